The lowest BCUT2D eigenvalue weighted by atomic mass is 9.91. The zero-order valence-electron chi connectivity index (χ0n) is 11.6. The summed E-state index contributed by atoms with van der Waals surface area (Å²) in [6.45, 7) is 3.93. The van der Waals surface area contributed by atoms with Crippen LogP contribution in [-0.4, -0.2) is 14.2 Å². The fourth-order valence-electron chi connectivity index (χ4n) is 2.18. The van der Waals surface area contributed by atoms with Crippen LogP contribution in [0.3, 0.4) is 0 Å². The standard InChI is InChI=1S/C17H17ClO2/c1-4-15(12-5-8-14(18)9-6-12)13-7-10-16(19-2)17(11-13)20-3/h4-11,15H,1H2,2-3H3. The Hall–Kier alpha value is -1.93. The van der Waals surface area contributed by atoms with Crippen molar-refractivity contribution in [3.05, 3.63) is 71.3 Å². The van der Waals surface area contributed by atoms with Crippen LogP contribution in [0, 0.1) is 0 Å². The van der Waals surface area contributed by atoms with Gasteiger partial charge in [0.1, 0.15) is 0 Å². The van der Waals surface area contributed by atoms with E-state index in [2.05, 4.69) is 6.58 Å². The Bertz CT molecular complexity index is 590. The molecule has 2 aromatic carbocycles. The van der Waals surface area contributed by atoms with Crippen molar-refractivity contribution in [1.82, 2.24) is 0 Å². The van der Waals surface area contributed by atoms with E-state index in [1.807, 2.05) is 48.5 Å². The Kier molecular flexibility index (Phi) is 4.70. The van der Waals surface area contributed by atoms with Crippen LogP contribution in [0.2, 0.25) is 5.02 Å². The highest BCUT2D eigenvalue weighted by molar-refractivity contribution is 6.30. The second-order valence-corrected chi connectivity index (χ2v) is 4.82. The van der Waals surface area contributed by atoms with E-state index in [-0.39, 0.29) is 5.92 Å². The van der Waals surface area contributed by atoms with Crippen molar-refractivity contribution >= 4 is 11.6 Å². The van der Waals surface area contributed by atoms with Gasteiger partial charge in [-0.2, -0.15) is 0 Å². The van der Waals surface area contributed by atoms with Gasteiger partial charge in [-0.15, -0.1) is 6.58 Å². The molecule has 0 aliphatic heterocycles. The second-order valence-electron chi connectivity index (χ2n) is 4.38. The molecule has 0 N–H and O–H groups in total. The fraction of sp³-hybridized carbons (Fsp3) is 0.176. The fourth-order valence-corrected chi connectivity index (χ4v) is 2.31. The Morgan fingerprint density at radius 3 is 2.10 bits per heavy atom. The average molecular weight is 289 g/mol. The Morgan fingerprint density at radius 2 is 1.55 bits per heavy atom. The monoisotopic (exact) mass is 288 g/mol. The first-order valence-electron chi connectivity index (χ1n) is 6.29. The molecule has 0 saturated carbocycles. The molecule has 0 radical (unpaired) electrons. The van der Waals surface area contributed by atoms with Crippen molar-refractivity contribution < 1.29 is 9.47 Å². The maximum absolute atomic E-state index is 5.93. The number of methoxy groups -OCH3 is 2. The van der Waals surface area contributed by atoms with E-state index in [1.165, 1.54) is 0 Å². The SMILES string of the molecule is C=CC(c1ccc(Cl)cc1)c1ccc(OC)c(OC)c1. The molecule has 1 atom stereocenters. The number of rotatable bonds is 5. The van der Waals surface area contributed by atoms with Crippen LogP contribution in [0.15, 0.2) is 55.1 Å². The summed E-state index contributed by atoms with van der Waals surface area (Å²) in [5.41, 5.74) is 2.23. The van der Waals surface area contributed by atoms with E-state index in [4.69, 9.17) is 21.1 Å². The first kappa shape index (κ1) is 14.5. The maximum atomic E-state index is 5.93. The average Bonchev–Trinajstić information content (AvgIpc) is 2.49. The maximum Gasteiger partial charge on any atom is 0.161 e. The van der Waals surface area contributed by atoms with Gasteiger partial charge in [0.2, 0.25) is 0 Å². The molecule has 0 spiro atoms. The topological polar surface area (TPSA) is 18.5 Å². The van der Waals surface area contributed by atoms with Gasteiger partial charge in [-0.25, -0.2) is 0 Å². The molecule has 104 valence electrons. The minimum absolute atomic E-state index is 0.0899. The van der Waals surface area contributed by atoms with Crippen LogP contribution in [-0.2, 0) is 0 Å². The molecule has 1 unspecified atom stereocenters. The zero-order valence-corrected chi connectivity index (χ0v) is 12.4. The summed E-state index contributed by atoms with van der Waals surface area (Å²) in [6.07, 6.45) is 1.91. The van der Waals surface area contributed by atoms with E-state index >= 15 is 0 Å². The van der Waals surface area contributed by atoms with E-state index in [1.54, 1.807) is 14.2 Å². The molecule has 0 amide bonds. The molecule has 3 heteroatoms. The van der Waals surface area contributed by atoms with Crippen molar-refractivity contribution in [1.29, 1.82) is 0 Å². The number of halogens is 1. The van der Waals surface area contributed by atoms with Gasteiger partial charge in [0.15, 0.2) is 11.5 Å². The van der Waals surface area contributed by atoms with Crippen molar-refractivity contribution in [2.24, 2.45) is 0 Å². The van der Waals surface area contributed by atoms with Crippen LogP contribution in [0.1, 0.15) is 17.0 Å². The summed E-state index contributed by atoms with van der Waals surface area (Å²) < 4.78 is 10.6. The third kappa shape index (κ3) is 2.97. The van der Waals surface area contributed by atoms with Crippen LogP contribution < -0.4 is 9.47 Å². The summed E-state index contributed by atoms with van der Waals surface area (Å²) in [6, 6.07) is 13.7. The van der Waals surface area contributed by atoms with Crippen molar-refractivity contribution in [2.45, 2.75) is 5.92 Å². The number of ether oxygens (including phenoxy) is 2. The second kappa shape index (κ2) is 6.49. The molecular formula is C17H17ClO2. The molecule has 2 nitrogen and oxygen atoms in total. The van der Waals surface area contributed by atoms with Gasteiger partial charge in [-0.05, 0) is 35.4 Å². The third-order valence-electron chi connectivity index (χ3n) is 3.23. The predicted molar refractivity (Wildman–Crippen MR) is 83.0 cm³/mol. The van der Waals surface area contributed by atoms with Gasteiger partial charge in [-0.1, -0.05) is 35.9 Å². The molecule has 0 aliphatic rings. The summed E-state index contributed by atoms with van der Waals surface area (Å²) in [5, 5.41) is 0.726. The first-order valence-corrected chi connectivity index (χ1v) is 6.67. The van der Waals surface area contributed by atoms with Gasteiger partial charge in [0, 0.05) is 10.9 Å². The molecule has 2 aromatic rings. The molecule has 2 rings (SSSR count). The molecule has 0 saturated heterocycles. The van der Waals surface area contributed by atoms with Crippen LogP contribution in [0.5, 0.6) is 11.5 Å². The van der Waals surface area contributed by atoms with Gasteiger partial charge in [0.05, 0.1) is 14.2 Å². The minimum Gasteiger partial charge on any atom is -0.493 e. The largest absolute Gasteiger partial charge is 0.493 e. The minimum atomic E-state index is 0.0899. The summed E-state index contributed by atoms with van der Waals surface area (Å²) in [5.74, 6) is 1.52. The van der Waals surface area contributed by atoms with E-state index in [9.17, 15) is 0 Å². The predicted octanol–water partition coefficient (Wildman–Crippen LogP) is 4.68. The Labute approximate surface area is 124 Å². The zero-order chi connectivity index (χ0) is 14.5. The molecular weight excluding hydrogens is 272 g/mol. The molecule has 20 heavy (non-hydrogen) atoms. The highest BCUT2D eigenvalue weighted by Gasteiger charge is 2.13. The Balaban J connectivity index is 2.41. The number of hydrogen-bond donors (Lipinski definition) is 0. The molecule has 0 aliphatic carbocycles. The normalized spacial score (nSPS) is 11.8. The molecule has 0 heterocycles. The Morgan fingerprint density at radius 1 is 0.950 bits per heavy atom. The lowest BCUT2D eigenvalue weighted by Gasteiger charge is -2.16. The third-order valence-corrected chi connectivity index (χ3v) is 3.48. The number of hydrogen-bond acceptors (Lipinski definition) is 2. The molecule has 0 fully saturated rings. The smallest absolute Gasteiger partial charge is 0.161 e. The van der Waals surface area contributed by atoms with E-state index in [0.717, 1.165) is 21.9 Å². The highest BCUT2D eigenvalue weighted by Crippen LogP contribution is 2.34. The van der Waals surface area contributed by atoms with Crippen LogP contribution in [0.4, 0.5) is 0 Å². The lowest BCUT2D eigenvalue weighted by Crippen LogP contribution is -1.99. The van der Waals surface area contributed by atoms with Gasteiger partial charge in [0.25, 0.3) is 0 Å². The van der Waals surface area contributed by atoms with Crippen molar-refractivity contribution in [2.75, 3.05) is 14.2 Å². The number of benzene rings is 2. The lowest BCUT2D eigenvalue weighted by molar-refractivity contribution is 0.354. The first-order chi connectivity index (χ1) is 9.69. The van der Waals surface area contributed by atoms with Gasteiger partial charge < -0.3 is 9.47 Å². The van der Waals surface area contributed by atoms with Crippen LogP contribution in [0.25, 0.3) is 0 Å². The van der Waals surface area contributed by atoms with Gasteiger partial charge >= 0.3 is 0 Å². The van der Waals surface area contributed by atoms with E-state index < -0.39 is 0 Å². The van der Waals surface area contributed by atoms with Crippen molar-refractivity contribution in [3.8, 4) is 11.5 Å². The summed E-state index contributed by atoms with van der Waals surface area (Å²) in [4.78, 5) is 0. The van der Waals surface area contributed by atoms with Crippen molar-refractivity contribution in [3.63, 3.8) is 0 Å². The molecule has 0 bridgehead atoms. The van der Waals surface area contributed by atoms with Crippen LogP contribution >= 0.6 is 11.6 Å². The quantitative estimate of drug-likeness (QED) is 0.744. The highest BCUT2D eigenvalue weighted by atomic mass is 35.5. The van der Waals surface area contributed by atoms with E-state index in [0.29, 0.717) is 5.75 Å². The summed E-state index contributed by atoms with van der Waals surface area (Å²) in [7, 11) is 3.26. The summed E-state index contributed by atoms with van der Waals surface area (Å²) >= 11 is 5.93. The van der Waals surface area contributed by atoms with Gasteiger partial charge in [-0.3, -0.25) is 0 Å². The molecule has 0 aromatic heterocycles. The number of allylic oxidation sites excluding steroid dienone is 1.